The van der Waals surface area contributed by atoms with Gasteiger partial charge in [0.15, 0.2) is 0 Å². The Morgan fingerprint density at radius 2 is 2.04 bits per heavy atom. The van der Waals surface area contributed by atoms with E-state index in [1.165, 1.54) is 6.08 Å². The highest BCUT2D eigenvalue weighted by Gasteiger charge is 2.28. The van der Waals surface area contributed by atoms with Crippen LogP contribution in [0.2, 0.25) is 0 Å². The summed E-state index contributed by atoms with van der Waals surface area (Å²) in [7, 11) is 0. The molecule has 0 radical (unpaired) electrons. The first kappa shape index (κ1) is 20.9. The molecule has 1 N–H and O–H groups in total. The monoisotopic (exact) mass is 373 g/mol. The van der Waals surface area contributed by atoms with Crippen molar-refractivity contribution in [3.05, 3.63) is 58.9 Å². The average molecular weight is 373 g/mol. The molecule has 27 heavy (non-hydrogen) atoms. The fourth-order valence-corrected chi connectivity index (χ4v) is 3.21. The van der Waals surface area contributed by atoms with Crippen LogP contribution in [-0.4, -0.2) is 34.5 Å². The normalized spacial score (nSPS) is 18.3. The maximum atomic E-state index is 14.2. The summed E-state index contributed by atoms with van der Waals surface area (Å²) in [5.41, 5.74) is 1.98. The molecular formula is C22H28FNO3. The molecule has 0 aromatic heterocycles. The Morgan fingerprint density at radius 1 is 1.33 bits per heavy atom. The maximum Gasteiger partial charge on any atom is 0.335 e. The second kappa shape index (κ2) is 10.0. The Bertz CT molecular complexity index is 722. The number of carboxylic acid groups (broad SMARTS) is 1. The third kappa shape index (κ3) is 6.05. The minimum absolute atomic E-state index is 0.0823. The molecule has 4 nitrogen and oxygen atoms in total. The number of allylic oxidation sites excluding steroid dienone is 3. The van der Waals surface area contributed by atoms with Gasteiger partial charge in [0.05, 0.1) is 11.6 Å². The maximum absolute atomic E-state index is 14.2. The number of hydrogen-bond acceptors (Lipinski definition) is 2. The number of carbonyl (C=O) groups is 2. The minimum atomic E-state index is -0.953. The van der Waals surface area contributed by atoms with E-state index in [0.29, 0.717) is 25.8 Å². The molecule has 5 heteroatoms. The van der Waals surface area contributed by atoms with Crippen LogP contribution in [-0.2, 0) is 11.2 Å². The molecule has 1 aromatic carbocycles. The lowest BCUT2D eigenvalue weighted by molar-refractivity contribution is -0.128. The van der Waals surface area contributed by atoms with Gasteiger partial charge in [-0.2, -0.15) is 0 Å². The van der Waals surface area contributed by atoms with E-state index >= 15 is 0 Å². The third-order valence-corrected chi connectivity index (χ3v) is 4.99. The molecule has 1 aromatic rings. The van der Waals surface area contributed by atoms with Crippen LogP contribution in [0.5, 0.6) is 0 Å². The van der Waals surface area contributed by atoms with Crippen LogP contribution < -0.4 is 0 Å². The van der Waals surface area contributed by atoms with Crippen LogP contribution in [0.3, 0.4) is 0 Å². The molecule has 2 rings (SSSR count). The number of amides is 1. The van der Waals surface area contributed by atoms with Crippen LogP contribution in [0.15, 0.2) is 47.8 Å². The number of likely N-dealkylation sites (tertiary alicyclic amines) is 1. The molecule has 0 unspecified atom stereocenters. The summed E-state index contributed by atoms with van der Waals surface area (Å²) < 4.78 is 14.2. The van der Waals surface area contributed by atoms with Crippen molar-refractivity contribution in [3.63, 3.8) is 0 Å². The van der Waals surface area contributed by atoms with Gasteiger partial charge in [0.25, 0.3) is 0 Å². The van der Waals surface area contributed by atoms with Crippen LogP contribution in [0.4, 0.5) is 4.39 Å². The molecule has 0 spiro atoms. The third-order valence-electron chi connectivity index (χ3n) is 4.99. The van der Waals surface area contributed by atoms with Crippen LogP contribution >= 0.6 is 0 Å². The van der Waals surface area contributed by atoms with Gasteiger partial charge < -0.3 is 10.0 Å². The Labute approximate surface area is 160 Å². The lowest BCUT2D eigenvalue weighted by Gasteiger charge is -2.22. The van der Waals surface area contributed by atoms with Gasteiger partial charge in [-0.05, 0) is 62.0 Å². The summed E-state index contributed by atoms with van der Waals surface area (Å²) in [6, 6.07) is 6.60. The topological polar surface area (TPSA) is 57.6 Å². The van der Waals surface area contributed by atoms with Crippen molar-refractivity contribution in [1.29, 1.82) is 0 Å². The Morgan fingerprint density at radius 3 is 2.67 bits per heavy atom. The van der Waals surface area contributed by atoms with E-state index in [9.17, 15) is 14.0 Å². The number of carbonyl (C=O) groups excluding carboxylic acids is 1. The Balaban J connectivity index is 1.97. The number of carboxylic acids is 1. The van der Waals surface area contributed by atoms with Gasteiger partial charge in [0, 0.05) is 13.0 Å². The average Bonchev–Trinajstić information content (AvgIpc) is 3.02. The van der Waals surface area contributed by atoms with Gasteiger partial charge in [0.2, 0.25) is 5.91 Å². The molecule has 1 saturated heterocycles. The molecule has 146 valence electrons. The van der Waals surface area contributed by atoms with Crippen molar-refractivity contribution in [1.82, 2.24) is 4.90 Å². The standard InChI is InChI=1S/C22H28FNO3/c1-3-4-5-16(2)20(23)12-10-19-11-13-21(25)24(19)15-14-17-6-8-18(9-7-17)22(26)27/h6-10,12,19H,3-5,11,13-15H2,1-2H3,(H,26,27)/b12-10-,20-16-/t19-/m0/s1. The zero-order valence-electron chi connectivity index (χ0n) is 16.1. The highest BCUT2D eigenvalue weighted by atomic mass is 19.1. The predicted octanol–water partition coefficient (Wildman–Crippen LogP) is 4.91. The number of halogens is 1. The summed E-state index contributed by atoms with van der Waals surface area (Å²) >= 11 is 0. The predicted molar refractivity (Wildman–Crippen MR) is 104 cm³/mol. The first-order valence-corrected chi connectivity index (χ1v) is 9.57. The van der Waals surface area contributed by atoms with Crippen molar-refractivity contribution in [2.24, 2.45) is 0 Å². The van der Waals surface area contributed by atoms with Gasteiger partial charge in [-0.15, -0.1) is 0 Å². The molecule has 0 aliphatic carbocycles. The van der Waals surface area contributed by atoms with Crippen LogP contribution in [0, 0.1) is 0 Å². The lowest BCUT2D eigenvalue weighted by Crippen LogP contribution is -2.33. The van der Waals surface area contributed by atoms with Crippen molar-refractivity contribution in [2.75, 3.05) is 6.54 Å². The van der Waals surface area contributed by atoms with Gasteiger partial charge in [-0.1, -0.05) is 31.6 Å². The molecule has 1 aliphatic heterocycles. The summed E-state index contributed by atoms with van der Waals surface area (Å²) in [5, 5.41) is 8.94. The number of unbranched alkanes of at least 4 members (excludes halogenated alkanes) is 1. The van der Waals surface area contributed by atoms with E-state index < -0.39 is 5.97 Å². The highest BCUT2D eigenvalue weighted by molar-refractivity contribution is 5.87. The molecule has 1 aliphatic rings. The zero-order chi connectivity index (χ0) is 19.8. The second-order valence-electron chi connectivity index (χ2n) is 7.04. The quantitative estimate of drug-likeness (QED) is 0.626. The fourth-order valence-electron chi connectivity index (χ4n) is 3.21. The minimum Gasteiger partial charge on any atom is -0.478 e. The van der Waals surface area contributed by atoms with E-state index in [1.807, 2.05) is 6.92 Å². The fraction of sp³-hybridized carbons (Fsp3) is 0.455. The molecule has 1 fully saturated rings. The Kier molecular flexibility index (Phi) is 7.77. The van der Waals surface area contributed by atoms with Crippen molar-refractivity contribution in [3.8, 4) is 0 Å². The first-order valence-electron chi connectivity index (χ1n) is 9.57. The van der Waals surface area contributed by atoms with Crippen LogP contribution in [0.25, 0.3) is 0 Å². The first-order chi connectivity index (χ1) is 12.9. The van der Waals surface area contributed by atoms with Crippen LogP contribution in [0.1, 0.15) is 61.9 Å². The molecule has 0 saturated carbocycles. The largest absolute Gasteiger partial charge is 0.478 e. The SMILES string of the molecule is CCCC/C(C)=C(F)/C=C\[C@H]1CCC(=O)N1CCc1ccc(C(=O)O)cc1. The number of rotatable bonds is 9. The van der Waals surface area contributed by atoms with Crippen molar-refractivity contribution >= 4 is 11.9 Å². The zero-order valence-corrected chi connectivity index (χ0v) is 16.1. The van der Waals surface area contributed by atoms with Gasteiger partial charge >= 0.3 is 5.97 Å². The van der Waals surface area contributed by atoms with Crippen molar-refractivity contribution < 1.29 is 19.1 Å². The smallest absolute Gasteiger partial charge is 0.335 e. The summed E-state index contributed by atoms with van der Waals surface area (Å²) in [5.74, 6) is -1.07. The molecule has 1 heterocycles. The number of aromatic carboxylic acids is 1. The highest BCUT2D eigenvalue weighted by Crippen LogP contribution is 2.22. The van der Waals surface area contributed by atoms with Gasteiger partial charge in [-0.25, -0.2) is 9.18 Å². The number of hydrogen-bond donors (Lipinski definition) is 1. The molecule has 1 amide bonds. The summed E-state index contributed by atoms with van der Waals surface area (Å²) in [4.78, 5) is 24.9. The second-order valence-corrected chi connectivity index (χ2v) is 7.04. The Hall–Kier alpha value is -2.43. The number of benzene rings is 1. The van der Waals surface area contributed by atoms with Gasteiger partial charge in [0.1, 0.15) is 5.83 Å². The van der Waals surface area contributed by atoms with E-state index in [4.69, 9.17) is 5.11 Å². The van der Waals surface area contributed by atoms with Crippen molar-refractivity contribution in [2.45, 2.75) is 58.4 Å². The summed E-state index contributed by atoms with van der Waals surface area (Å²) in [6.45, 7) is 4.44. The molecule has 0 bridgehead atoms. The molecule has 1 atom stereocenters. The van der Waals surface area contributed by atoms with E-state index in [-0.39, 0.29) is 23.3 Å². The lowest BCUT2D eigenvalue weighted by atomic mass is 10.1. The molecular weight excluding hydrogens is 345 g/mol. The number of nitrogens with zero attached hydrogens (tertiary/aromatic N) is 1. The van der Waals surface area contributed by atoms with E-state index in [2.05, 4.69) is 6.92 Å². The van der Waals surface area contributed by atoms with Gasteiger partial charge in [-0.3, -0.25) is 4.79 Å². The van der Waals surface area contributed by atoms with E-state index in [0.717, 1.165) is 30.4 Å². The van der Waals surface area contributed by atoms with E-state index in [1.54, 1.807) is 35.2 Å². The summed E-state index contributed by atoms with van der Waals surface area (Å²) in [6.07, 6.45) is 7.89.